The van der Waals surface area contributed by atoms with Crippen LogP contribution in [0.4, 0.5) is 0 Å². The Labute approximate surface area is 109 Å². The van der Waals surface area contributed by atoms with Gasteiger partial charge in [0.2, 0.25) is 0 Å². The van der Waals surface area contributed by atoms with Crippen molar-refractivity contribution in [3.8, 4) is 5.75 Å². The number of para-hydroxylation sites is 1. The fraction of sp³-hybridized carbons (Fsp3) is 0.533. The van der Waals surface area contributed by atoms with Gasteiger partial charge in [-0.2, -0.15) is 0 Å². The third-order valence-corrected chi connectivity index (χ3v) is 3.46. The average molecular weight is 247 g/mol. The summed E-state index contributed by atoms with van der Waals surface area (Å²) >= 11 is 0. The molecule has 0 saturated carbocycles. The molecule has 1 aliphatic rings. The molecule has 0 aromatic heterocycles. The number of hydrogen-bond acceptors (Lipinski definition) is 3. The number of hydrogen-bond donors (Lipinski definition) is 0. The molecule has 0 atom stereocenters. The Kier molecular flexibility index (Phi) is 4.76. The summed E-state index contributed by atoms with van der Waals surface area (Å²) in [5, 5.41) is 0. The molecule has 0 spiro atoms. The largest absolute Gasteiger partial charge is 0.490 e. The van der Waals surface area contributed by atoms with Crippen molar-refractivity contribution in [3.05, 3.63) is 29.8 Å². The third-order valence-electron chi connectivity index (χ3n) is 3.46. The standard InChI is InChI=1S/C15H21NO2/c1-16-10-8-14(9-11-16)18-15-7-3-2-5-13(15)6-4-12-17/h2-3,5,7,12,14H,4,6,8-11H2,1H3. The molecule has 1 aromatic rings. The van der Waals surface area contributed by atoms with Crippen molar-refractivity contribution < 1.29 is 9.53 Å². The third kappa shape index (κ3) is 3.57. The number of benzene rings is 1. The van der Waals surface area contributed by atoms with Crippen LogP contribution in [0.3, 0.4) is 0 Å². The lowest BCUT2D eigenvalue weighted by Gasteiger charge is -2.29. The van der Waals surface area contributed by atoms with Crippen molar-refractivity contribution >= 4 is 6.29 Å². The summed E-state index contributed by atoms with van der Waals surface area (Å²) in [4.78, 5) is 12.8. The minimum atomic E-state index is 0.318. The molecule has 1 fully saturated rings. The quantitative estimate of drug-likeness (QED) is 0.748. The van der Waals surface area contributed by atoms with Crippen LogP contribution in [0, 0.1) is 0 Å². The van der Waals surface area contributed by atoms with Crippen molar-refractivity contribution in [3.63, 3.8) is 0 Å². The Hall–Kier alpha value is -1.35. The molecular weight excluding hydrogens is 226 g/mol. The lowest BCUT2D eigenvalue weighted by molar-refractivity contribution is -0.107. The molecule has 3 nitrogen and oxygen atoms in total. The topological polar surface area (TPSA) is 29.5 Å². The number of carbonyl (C=O) groups excluding carboxylic acids is 1. The second-order valence-corrected chi connectivity index (χ2v) is 4.93. The number of rotatable bonds is 5. The summed E-state index contributed by atoms with van der Waals surface area (Å²) in [5.74, 6) is 0.953. The fourth-order valence-corrected chi connectivity index (χ4v) is 2.32. The number of piperidine rings is 1. The Morgan fingerprint density at radius 1 is 1.33 bits per heavy atom. The van der Waals surface area contributed by atoms with Crippen LogP contribution >= 0.6 is 0 Å². The molecule has 0 radical (unpaired) electrons. The highest BCUT2D eigenvalue weighted by Gasteiger charge is 2.18. The van der Waals surface area contributed by atoms with Gasteiger partial charge in [0.25, 0.3) is 0 Å². The van der Waals surface area contributed by atoms with E-state index in [9.17, 15) is 4.79 Å². The van der Waals surface area contributed by atoms with E-state index in [4.69, 9.17) is 4.74 Å². The summed E-state index contributed by atoms with van der Waals surface area (Å²) in [5.41, 5.74) is 1.14. The van der Waals surface area contributed by atoms with E-state index in [0.29, 0.717) is 12.5 Å². The molecule has 0 unspecified atom stereocenters. The van der Waals surface area contributed by atoms with E-state index >= 15 is 0 Å². The highest BCUT2D eigenvalue weighted by molar-refractivity contribution is 5.50. The van der Waals surface area contributed by atoms with E-state index in [1.165, 1.54) is 0 Å². The highest BCUT2D eigenvalue weighted by atomic mass is 16.5. The van der Waals surface area contributed by atoms with E-state index in [1.54, 1.807) is 0 Å². The van der Waals surface area contributed by atoms with Gasteiger partial charge in [-0.1, -0.05) is 18.2 Å². The molecule has 98 valence electrons. The fourth-order valence-electron chi connectivity index (χ4n) is 2.32. The first-order valence-corrected chi connectivity index (χ1v) is 6.66. The van der Waals surface area contributed by atoms with Crippen LogP contribution < -0.4 is 4.74 Å². The first-order valence-electron chi connectivity index (χ1n) is 6.66. The van der Waals surface area contributed by atoms with E-state index in [0.717, 1.165) is 50.0 Å². The number of ether oxygens (including phenoxy) is 1. The van der Waals surface area contributed by atoms with Crippen LogP contribution in [0.5, 0.6) is 5.75 Å². The van der Waals surface area contributed by atoms with Gasteiger partial charge < -0.3 is 14.4 Å². The van der Waals surface area contributed by atoms with Gasteiger partial charge in [0, 0.05) is 19.5 Å². The van der Waals surface area contributed by atoms with E-state index < -0.39 is 0 Å². The first kappa shape index (κ1) is 13.1. The number of aryl methyl sites for hydroxylation is 1. The van der Waals surface area contributed by atoms with Gasteiger partial charge >= 0.3 is 0 Å². The lowest BCUT2D eigenvalue weighted by Crippen LogP contribution is -2.35. The second-order valence-electron chi connectivity index (χ2n) is 4.93. The van der Waals surface area contributed by atoms with Crippen LogP contribution in [-0.4, -0.2) is 37.4 Å². The zero-order valence-corrected chi connectivity index (χ0v) is 11.0. The number of likely N-dealkylation sites (tertiary alicyclic amines) is 1. The van der Waals surface area contributed by atoms with Gasteiger partial charge in [0.15, 0.2) is 0 Å². The van der Waals surface area contributed by atoms with Crippen molar-refractivity contribution in [1.29, 1.82) is 0 Å². The molecule has 0 N–H and O–H groups in total. The SMILES string of the molecule is CN1CCC(Oc2ccccc2CCC=O)CC1. The number of nitrogens with zero attached hydrogens (tertiary/aromatic N) is 1. The zero-order chi connectivity index (χ0) is 12.8. The molecule has 2 rings (SSSR count). The average Bonchev–Trinajstić information content (AvgIpc) is 2.40. The molecule has 1 heterocycles. The second kappa shape index (κ2) is 6.55. The van der Waals surface area contributed by atoms with Crippen molar-refractivity contribution in [2.45, 2.75) is 31.8 Å². The summed E-state index contributed by atoms with van der Waals surface area (Å²) in [6.45, 7) is 2.20. The minimum absolute atomic E-state index is 0.318. The van der Waals surface area contributed by atoms with Gasteiger partial charge in [-0.3, -0.25) is 0 Å². The lowest BCUT2D eigenvalue weighted by atomic mass is 10.1. The summed E-state index contributed by atoms with van der Waals surface area (Å²) in [6.07, 6.45) is 4.78. The van der Waals surface area contributed by atoms with Crippen LogP contribution in [0.2, 0.25) is 0 Å². The van der Waals surface area contributed by atoms with Gasteiger partial charge in [-0.15, -0.1) is 0 Å². The van der Waals surface area contributed by atoms with E-state index in [2.05, 4.69) is 11.9 Å². The molecule has 0 bridgehead atoms. The number of carbonyl (C=O) groups is 1. The normalized spacial score (nSPS) is 17.6. The van der Waals surface area contributed by atoms with Crippen LogP contribution in [0.15, 0.2) is 24.3 Å². The smallest absolute Gasteiger partial charge is 0.122 e. The Bertz CT molecular complexity index is 384. The summed E-state index contributed by atoms with van der Waals surface area (Å²) < 4.78 is 6.09. The summed E-state index contributed by atoms with van der Waals surface area (Å²) in [7, 11) is 2.15. The molecule has 18 heavy (non-hydrogen) atoms. The van der Waals surface area contributed by atoms with Crippen LogP contribution in [-0.2, 0) is 11.2 Å². The van der Waals surface area contributed by atoms with E-state index in [-0.39, 0.29) is 0 Å². The maximum absolute atomic E-state index is 10.5. The molecular formula is C15H21NO2. The van der Waals surface area contributed by atoms with E-state index in [1.807, 2.05) is 24.3 Å². The molecule has 1 aliphatic heterocycles. The maximum Gasteiger partial charge on any atom is 0.122 e. The van der Waals surface area contributed by atoms with Gasteiger partial charge in [-0.05, 0) is 37.9 Å². The summed E-state index contributed by atoms with van der Waals surface area (Å²) in [6, 6.07) is 8.06. The van der Waals surface area contributed by atoms with Crippen molar-refractivity contribution in [1.82, 2.24) is 4.90 Å². The highest BCUT2D eigenvalue weighted by Crippen LogP contribution is 2.23. The Morgan fingerprint density at radius 3 is 2.78 bits per heavy atom. The van der Waals surface area contributed by atoms with Gasteiger partial charge in [0.1, 0.15) is 18.1 Å². The predicted molar refractivity (Wildman–Crippen MR) is 72.0 cm³/mol. The van der Waals surface area contributed by atoms with Gasteiger partial charge in [0.05, 0.1) is 0 Å². The molecule has 0 amide bonds. The van der Waals surface area contributed by atoms with Crippen LogP contribution in [0.25, 0.3) is 0 Å². The Balaban J connectivity index is 1.97. The monoisotopic (exact) mass is 247 g/mol. The van der Waals surface area contributed by atoms with Crippen molar-refractivity contribution in [2.75, 3.05) is 20.1 Å². The van der Waals surface area contributed by atoms with Crippen LogP contribution in [0.1, 0.15) is 24.8 Å². The zero-order valence-electron chi connectivity index (χ0n) is 11.0. The predicted octanol–water partition coefficient (Wildman–Crippen LogP) is 2.29. The Morgan fingerprint density at radius 2 is 2.06 bits per heavy atom. The van der Waals surface area contributed by atoms with Gasteiger partial charge in [-0.25, -0.2) is 0 Å². The molecule has 1 aromatic carbocycles. The minimum Gasteiger partial charge on any atom is -0.490 e. The molecule has 3 heteroatoms. The molecule has 0 aliphatic carbocycles. The molecule has 1 saturated heterocycles. The first-order chi connectivity index (χ1) is 8.79. The number of aldehydes is 1. The maximum atomic E-state index is 10.5. The van der Waals surface area contributed by atoms with Crippen molar-refractivity contribution in [2.24, 2.45) is 0 Å².